The third kappa shape index (κ3) is 3.82. The van der Waals surface area contributed by atoms with Crippen LogP contribution in [0.3, 0.4) is 0 Å². The van der Waals surface area contributed by atoms with Crippen LogP contribution in [-0.2, 0) is 17.8 Å². The van der Waals surface area contributed by atoms with E-state index in [2.05, 4.69) is 16.5 Å². The number of nitrogens with one attached hydrogen (secondary N) is 1. The molecule has 5 nitrogen and oxygen atoms in total. The molecule has 20 heavy (non-hydrogen) atoms. The van der Waals surface area contributed by atoms with Gasteiger partial charge in [0.15, 0.2) is 0 Å². The molecular weight excluding hydrogens is 254 g/mol. The van der Waals surface area contributed by atoms with E-state index in [1.54, 1.807) is 14.2 Å². The van der Waals surface area contributed by atoms with Gasteiger partial charge in [-0.1, -0.05) is 18.2 Å². The summed E-state index contributed by atoms with van der Waals surface area (Å²) < 4.78 is 12.4. The van der Waals surface area contributed by atoms with Crippen LogP contribution in [-0.4, -0.2) is 37.2 Å². The van der Waals surface area contributed by atoms with Crippen molar-refractivity contribution in [3.8, 4) is 5.75 Å². The maximum absolute atomic E-state index is 5.37. The van der Waals surface area contributed by atoms with Crippen molar-refractivity contribution in [2.45, 2.75) is 13.1 Å². The van der Waals surface area contributed by atoms with Gasteiger partial charge in [-0.2, -0.15) is 5.10 Å². The summed E-state index contributed by atoms with van der Waals surface area (Å²) >= 11 is 0. The number of benzene rings is 1. The summed E-state index contributed by atoms with van der Waals surface area (Å²) in [5.74, 6) is 0.890. The van der Waals surface area contributed by atoms with Crippen LogP contribution in [0.5, 0.6) is 5.75 Å². The van der Waals surface area contributed by atoms with E-state index in [-0.39, 0.29) is 0 Å². The van der Waals surface area contributed by atoms with E-state index in [0.717, 1.165) is 30.1 Å². The van der Waals surface area contributed by atoms with Gasteiger partial charge in [-0.05, 0) is 12.1 Å². The monoisotopic (exact) mass is 275 g/mol. The lowest BCUT2D eigenvalue weighted by molar-refractivity contribution is 0.199. The molecule has 0 aliphatic rings. The van der Waals surface area contributed by atoms with Gasteiger partial charge in [-0.25, -0.2) is 0 Å². The number of hydrogen-bond acceptors (Lipinski definition) is 4. The normalized spacial score (nSPS) is 10.7. The lowest BCUT2D eigenvalue weighted by Gasteiger charge is -2.11. The lowest BCUT2D eigenvalue weighted by atomic mass is 10.2. The third-order valence-corrected chi connectivity index (χ3v) is 3.11. The average Bonchev–Trinajstić information content (AvgIpc) is 2.91. The van der Waals surface area contributed by atoms with Crippen LogP contribution in [0.2, 0.25) is 0 Å². The van der Waals surface area contributed by atoms with Crippen molar-refractivity contribution < 1.29 is 9.47 Å². The largest absolute Gasteiger partial charge is 0.496 e. The van der Waals surface area contributed by atoms with E-state index < -0.39 is 0 Å². The summed E-state index contributed by atoms with van der Waals surface area (Å²) in [5, 5.41) is 7.70. The zero-order valence-corrected chi connectivity index (χ0v) is 12.0. The number of nitrogens with zero attached hydrogens (tertiary/aromatic N) is 2. The van der Waals surface area contributed by atoms with Gasteiger partial charge in [0.25, 0.3) is 0 Å². The zero-order valence-electron chi connectivity index (χ0n) is 12.0. The summed E-state index contributed by atoms with van der Waals surface area (Å²) in [5.41, 5.74) is 2.27. The number of rotatable bonds is 8. The maximum Gasteiger partial charge on any atom is 0.123 e. The first kappa shape index (κ1) is 14.6. The lowest BCUT2D eigenvalue weighted by Crippen LogP contribution is -2.21. The fraction of sp³-hybridized carbons (Fsp3) is 0.400. The third-order valence-electron chi connectivity index (χ3n) is 3.11. The quantitative estimate of drug-likeness (QED) is 0.745. The van der Waals surface area contributed by atoms with Crippen LogP contribution in [0.1, 0.15) is 11.3 Å². The molecule has 0 fully saturated rings. The molecule has 0 bridgehead atoms. The standard InChI is InChI=1S/C15H21N3O2/c1-19-10-9-16-11-14-7-8-17-18(14)12-13-5-3-4-6-15(13)20-2/h3-8,16H,9-12H2,1-2H3. The zero-order chi connectivity index (χ0) is 14.2. The van der Waals surface area contributed by atoms with Crippen LogP contribution < -0.4 is 10.1 Å². The summed E-state index contributed by atoms with van der Waals surface area (Å²) in [6.45, 7) is 3.02. The summed E-state index contributed by atoms with van der Waals surface area (Å²) in [4.78, 5) is 0. The second kappa shape index (κ2) is 7.67. The number of aromatic nitrogens is 2. The Labute approximate surface area is 119 Å². The Bertz CT molecular complexity index is 525. The topological polar surface area (TPSA) is 48.3 Å². The first-order valence-electron chi connectivity index (χ1n) is 6.67. The maximum atomic E-state index is 5.37. The highest BCUT2D eigenvalue weighted by Gasteiger charge is 2.06. The SMILES string of the molecule is COCCNCc1ccnn1Cc1ccccc1OC. The van der Waals surface area contributed by atoms with Crippen LogP contribution in [0.4, 0.5) is 0 Å². The molecule has 0 aliphatic heterocycles. The highest BCUT2D eigenvalue weighted by Crippen LogP contribution is 2.18. The molecule has 0 radical (unpaired) electrons. The van der Waals surface area contributed by atoms with Gasteiger partial charge in [0.05, 0.1) is 26.0 Å². The van der Waals surface area contributed by atoms with Crippen molar-refractivity contribution in [1.29, 1.82) is 0 Å². The smallest absolute Gasteiger partial charge is 0.123 e. The molecule has 1 N–H and O–H groups in total. The molecule has 1 heterocycles. The summed E-state index contributed by atoms with van der Waals surface area (Å²) in [6, 6.07) is 10.0. The Morgan fingerprint density at radius 2 is 2.05 bits per heavy atom. The average molecular weight is 275 g/mol. The Kier molecular flexibility index (Phi) is 5.58. The Hall–Kier alpha value is -1.85. The molecule has 0 amide bonds. The van der Waals surface area contributed by atoms with E-state index in [9.17, 15) is 0 Å². The van der Waals surface area contributed by atoms with Crippen LogP contribution in [0.15, 0.2) is 36.5 Å². The van der Waals surface area contributed by atoms with Gasteiger partial charge >= 0.3 is 0 Å². The fourth-order valence-electron chi connectivity index (χ4n) is 2.04. The Balaban J connectivity index is 2.01. The van der Waals surface area contributed by atoms with E-state index in [1.807, 2.05) is 35.1 Å². The van der Waals surface area contributed by atoms with Crippen molar-refractivity contribution in [1.82, 2.24) is 15.1 Å². The minimum Gasteiger partial charge on any atom is -0.496 e. The molecule has 5 heteroatoms. The summed E-state index contributed by atoms with van der Waals surface area (Å²) in [7, 11) is 3.39. The second-order valence-electron chi connectivity index (χ2n) is 4.46. The highest BCUT2D eigenvalue weighted by atomic mass is 16.5. The molecule has 0 saturated carbocycles. The van der Waals surface area contributed by atoms with Crippen molar-refractivity contribution in [2.24, 2.45) is 0 Å². The molecule has 0 spiro atoms. The van der Waals surface area contributed by atoms with Crippen molar-refractivity contribution in [3.05, 3.63) is 47.8 Å². The van der Waals surface area contributed by atoms with Gasteiger partial charge < -0.3 is 14.8 Å². The van der Waals surface area contributed by atoms with E-state index in [0.29, 0.717) is 13.2 Å². The van der Waals surface area contributed by atoms with E-state index in [1.165, 1.54) is 0 Å². The molecule has 2 rings (SSSR count). The van der Waals surface area contributed by atoms with E-state index >= 15 is 0 Å². The fourth-order valence-corrected chi connectivity index (χ4v) is 2.04. The molecule has 2 aromatic rings. The number of hydrogen-bond donors (Lipinski definition) is 1. The first-order chi connectivity index (χ1) is 9.85. The highest BCUT2D eigenvalue weighted by molar-refractivity contribution is 5.33. The van der Waals surface area contributed by atoms with Gasteiger partial charge in [0.2, 0.25) is 0 Å². The minimum atomic E-state index is 0.707. The number of methoxy groups -OCH3 is 2. The molecule has 108 valence electrons. The molecule has 1 aromatic carbocycles. The van der Waals surface area contributed by atoms with Gasteiger partial charge in [-0.3, -0.25) is 4.68 Å². The first-order valence-corrected chi connectivity index (χ1v) is 6.67. The molecular formula is C15H21N3O2. The predicted molar refractivity (Wildman–Crippen MR) is 77.9 cm³/mol. The summed E-state index contributed by atoms with van der Waals surface area (Å²) in [6.07, 6.45) is 1.82. The predicted octanol–water partition coefficient (Wildman–Crippen LogP) is 1.68. The number of ether oxygens (including phenoxy) is 2. The van der Waals surface area contributed by atoms with Crippen LogP contribution in [0, 0.1) is 0 Å². The van der Waals surface area contributed by atoms with Gasteiger partial charge in [-0.15, -0.1) is 0 Å². The Morgan fingerprint density at radius 3 is 2.85 bits per heavy atom. The van der Waals surface area contributed by atoms with Crippen molar-refractivity contribution >= 4 is 0 Å². The van der Waals surface area contributed by atoms with Gasteiger partial charge in [0, 0.05) is 32.0 Å². The molecule has 0 aliphatic carbocycles. The van der Waals surface area contributed by atoms with Crippen LogP contribution >= 0.6 is 0 Å². The Morgan fingerprint density at radius 1 is 1.20 bits per heavy atom. The molecule has 0 unspecified atom stereocenters. The molecule has 0 saturated heterocycles. The van der Waals surface area contributed by atoms with E-state index in [4.69, 9.17) is 9.47 Å². The molecule has 0 atom stereocenters. The molecule has 1 aromatic heterocycles. The van der Waals surface area contributed by atoms with Crippen molar-refractivity contribution in [2.75, 3.05) is 27.4 Å². The van der Waals surface area contributed by atoms with Crippen molar-refractivity contribution in [3.63, 3.8) is 0 Å². The number of para-hydroxylation sites is 1. The second-order valence-corrected chi connectivity index (χ2v) is 4.46. The minimum absolute atomic E-state index is 0.707. The van der Waals surface area contributed by atoms with Crippen LogP contribution in [0.25, 0.3) is 0 Å². The van der Waals surface area contributed by atoms with Gasteiger partial charge in [0.1, 0.15) is 5.75 Å².